The molecule has 2 aromatic rings. The van der Waals surface area contributed by atoms with Gasteiger partial charge in [0.25, 0.3) is 5.69 Å². The zero-order chi connectivity index (χ0) is 14.8. The van der Waals surface area contributed by atoms with Gasteiger partial charge in [-0.15, -0.1) is 0 Å². The minimum absolute atomic E-state index is 0.577. The Morgan fingerprint density at radius 3 is 2.57 bits per heavy atom. The summed E-state index contributed by atoms with van der Waals surface area (Å²) < 4.78 is 0. The molecule has 1 aliphatic heterocycles. The molecule has 3 heterocycles. The van der Waals surface area contributed by atoms with E-state index in [9.17, 15) is 0 Å². The average Bonchev–Trinajstić information content (AvgIpc) is 3.04. The predicted molar refractivity (Wildman–Crippen MR) is 86.5 cm³/mol. The smallest absolute Gasteiger partial charge is 0.266 e. The number of hydrogen-bond donors (Lipinski definition) is 0. The quantitative estimate of drug-likeness (QED) is 0.758. The molecule has 4 heteroatoms. The monoisotopic (exact) mass is 298 g/mol. The number of thiazole rings is 1. The van der Waals surface area contributed by atoms with Crippen molar-refractivity contribution in [2.24, 2.45) is 0 Å². The molecule has 2 atom stereocenters. The van der Waals surface area contributed by atoms with Crippen LogP contribution in [0.25, 0.3) is 0 Å². The molecule has 1 fully saturated rings. The Kier molecular flexibility index (Phi) is 3.94. The molecule has 2 unspecified atom stereocenters. The van der Waals surface area contributed by atoms with Crippen molar-refractivity contribution in [3.63, 3.8) is 0 Å². The lowest BCUT2D eigenvalue weighted by atomic mass is 10.2. The van der Waals surface area contributed by atoms with E-state index in [4.69, 9.17) is 0 Å². The van der Waals surface area contributed by atoms with E-state index in [0.717, 1.165) is 17.1 Å². The van der Waals surface area contributed by atoms with Gasteiger partial charge in [-0.3, -0.25) is 0 Å². The highest BCUT2D eigenvalue weighted by molar-refractivity contribution is 7.09. The van der Waals surface area contributed by atoms with Gasteiger partial charge in [-0.25, -0.2) is 4.98 Å². The Morgan fingerprint density at radius 2 is 2.00 bits per heavy atom. The van der Waals surface area contributed by atoms with Crippen molar-refractivity contribution < 1.29 is 4.98 Å². The van der Waals surface area contributed by atoms with Gasteiger partial charge in [0.15, 0.2) is 0 Å². The Bertz CT molecular complexity index is 668. The predicted octanol–water partition coefficient (Wildman–Crippen LogP) is 3.04. The van der Waals surface area contributed by atoms with Crippen molar-refractivity contribution >= 4 is 17.2 Å². The number of aromatic nitrogens is 2. The van der Waals surface area contributed by atoms with Crippen molar-refractivity contribution in [1.82, 2.24) is 4.98 Å². The number of aromatic amines is 1. The fourth-order valence-electron chi connectivity index (χ4n) is 2.86. The van der Waals surface area contributed by atoms with Gasteiger partial charge in [0.05, 0.1) is 5.38 Å². The summed E-state index contributed by atoms with van der Waals surface area (Å²) >= 11 is 1.68. The number of nitrogens with one attached hydrogen (secondary N) is 1. The minimum atomic E-state index is 0.577. The Labute approximate surface area is 130 Å². The minimum Gasteiger partial charge on any atom is -0.351 e. The Morgan fingerprint density at radius 1 is 1.24 bits per heavy atom. The molecule has 0 aliphatic carbocycles. The lowest BCUT2D eigenvalue weighted by Gasteiger charge is -2.27. The summed E-state index contributed by atoms with van der Waals surface area (Å²) in [5.41, 5.74) is 1.92. The molecule has 0 radical (unpaired) electrons. The topological polar surface area (TPSA) is 30.3 Å². The largest absolute Gasteiger partial charge is 0.351 e. The van der Waals surface area contributed by atoms with Crippen LogP contribution in [0.5, 0.6) is 0 Å². The highest BCUT2D eigenvalue weighted by Gasteiger charge is 2.27. The van der Waals surface area contributed by atoms with Gasteiger partial charge in [0.2, 0.25) is 5.01 Å². The maximum absolute atomic E-state index is 4.59. The summed E-state index contributed by atoms with van der Waals surface area (Å²) in [5.74, 6) is 7.36. The van der Waals surface area contributed by atoms with Crippen LogP contribution in [-0.4, -0.2) is 17.1 Å². The second-order valence-electron chi connectivity index (χ2n) is 5.67. The van der Waals surface area contributed by atoms with Gasteiger partial charge in [-0.1, -0.05) is 17.3 Å². The van der Waals surface area contributed by atoms with Gasteiger partial charge in [-0.2, -0.15) is 4.98 Å². The first-order chi connectivity index (χ1) is 10.1. The fraction of sp³-hybridized carbons (Fsp3) is 0.412. The molecule has 2 aromatic heterocycles. The summed E-state index contributed by atoms with van der Waals surface area (Å²) in [5, 5.41) is 3.21. The highest BCUT2D eigenvalue weighted by Crippen LogP contribution is 2.28. The van der Waals surface area contributed by atoms with Crippen LogP contribution < -0.4 is 9.88 Å². The van der Waals surface area contributed by atoms with Gasteiger partial charge in [-0.05, 0) is 38.8 Å². The molecule has 1 saturated heterocycles. The third-order valence-corrected chi connectivity index (χ3v) is 4.78. The number of pyridine rings is 1. The maximum Gasteiger partial charge on any atom is 0.266 e. The number of anilines is 1. The number of aryl methyl sites for hydroxylation is 1. The third-order valence-electron chi connectivity index (χ3n) is 3.97. The van der Waals surface area contributed by atoms with Crippen LogP contribution in [0.3, 0.4) is 0 Å². The van der Waals surface area contributed by atoms with Gasteiger partial charge < -0.3 is 4.90 Å². The van der Waals surface area contributed by atoms with E-state index >= 15 is 0 Å². The van der Waals surface area contributed by atoms with E-state index < -0.39 is 0 Å². The van der Waals surface area contributed by atoms with Crippen molar-refractivity contribution in [3.05, 3.63) is 40.0 Å². The zero-order valence-electron chi connectivity index (χ0n) is 12.7. The number of hydrogen-bond acceptors (Lipinski definition) is 3. The molecule has 3 nitrogen and oxygen atoms in total. The molecular formula is C17H20N3S+. The summed E-state index contributed by atoms with van der Waals surface area (Å²) in [4.78, 5) is 10.2. The molecule has 21 heavy (non-hydrogen) atoms. The van der Waals surface area contributed by atoms with Crippen molar-refractivity contribution in [2.45, 2.75) is 45.7 Å². The maximum atomic E-state index is 4.59. The summed E-state index contributed by atoms with van der Waals surface area (Å²) in [6.45, 7) is 6.59. The SMILES string of the molecule is Cc1[nH+]c(C#Cc2ccc(N3C(C)CCC3C)nc2)cs1. The van der Waals surface area contributed by atoms with Crippen molar-refractivity contribution in [1.29, 1.82) is 0 Å². The molecule has 0 spiro atoms. The molecule has 1 N–H and O–H groups in total. The third kappa shape index (κ3) is 3.08. The molecular weight excluding hydrogens is 278 g/mol. The van der Waals surface area contributed by atoms with E-state index in [1.165, 1.54) is 17.8 Å². The van der Waals surface area contributed by atoms with E-state index in [1.54, 1.807) is 11.3 Å². The van der Waals surface area contributed by atoms with Crippen molar-refractivity contribution in [3.8, 4) is 11.8 Å². The zero-order valence-corrected chi connectivity index (χ0v) is 13.5. The lowest BCUT2D eigenvalue weighted by molar-refractivity contribution is -0.383. The number of H-pyrrole nitrogens is 1. The second kappa shape index (κ2) is 5.87. The van der Waals surface area contributed by atoms with Crippen LogP contribution >= 0.6 is 11.3 Å². The summed E-state index contributed by atoms with van der Waals surface area (Å²) in [6.07, 6.45) is 4.37. The van der Waals surface area contributed by atoms with E-state index in [0.29, 0.717) is 12.1 Å². The average molecular weight is 298 g/mol. The van der Waals surface area contributed by atoms with Crippen LogP contribution in [0, 0.1) is 18.8 Å². The Hall–Kier alpha value is -1.86. The molecule has 0 aromatic carbocycles. The molecule has 0 bridgehead atoms. The highest BCUT2D eigenvalue weighted by atomic mass is 32.1. The van der Waals surface area contributed by atoms with Crippen LogP contribution in [0.2, 0.25) is 0 Å². The molecule has 1 aliphatic rings. The van der Waals surface area contributed by atoms with E-state index in [-0.39, 0.29) is 0 Å². The molecule has 0 saturated carbocycles. The summed E-state index contributed by atoms with van der Waals surface area (Å²) in [7, 11) is 0. The lowest BCUT2D eigenvalue weighted by Crippen LogP contribution is -2.33. The van der Waals surface area contributed by atoms with Gasteiger partial charge in [0, 0.05) is 36.7 Å². The first-order valence-electron chi connectivity index (χ1n) is 7.37. The Balaban J connectivity index is 1.77. The summed E-state index contributed by atoms with van der Waals surface area (Å²) in [6, 6.07) is 5.30. The van der Waals surface area contributed by atoms with Crippen LogP contribution in [0.1, 0.15) is 43.0 Å². The first-order valence-corrected chi connectivity index (χ1v) is 8.25. The standard InChI is InChI=1S/C17H19N3S/c1-12-4-5-13(2)20(12)17-9-7-15(10-18-17)6-8-16-11-21-14(3)19-16/h7,9-13H,4-5H2,1-3H3/p+1. The van der Waals surface area contributed by atoms with Gasteiger partial charge >= 0.3 is 0 Å². The molecule has 108 valence electrons. The van der Waals surface area contributed by atoms with Crippen LogP contribution in [-0.2, 0) is 0 Å². The van der Waals surface area contributed by atoms with Crippen LogP contribution in [0.4, 0.5) is 5.82 Å². The fourth-order valence-corrected chi connectivity index (χ4v) is 3.44. The van der Waals surface area contributed by atoms with E-state index in [2.05, 4.69) is 52.7 Å². The number of rotatable bonds is 1. The normalized spacial score (nSPS) is 21.2. The van der Waals surface area contributed by atoms with Crippen molar-refractivity contribution in [2.75, 3.05) is 4.90 Å². The first kappa shape index (κ1) is 14.1. The van der Waals surface area contributed by atoms with Crippen LogP contribution in [0.15, 0.2) is 23.7 Å². The molecule has 3 rings (SSSR count). The molecule has 0 amide bonds. The van der Waals surface area contributed by atoms with Gasteiger partial charge in [0.1, 0.15) is 5.82 Å². The number of nitrogens with zero attached hydrogens (tertiary/aromatic N) is 2. The second-order valence-corrected chi connectivity index (χ2v) is 6.75. The van der Waals surface area contributed by atoms with E-state index in [1.807, 2.05) is 18.5 Å².